The number of ether oxygens (including phenoxy) is 1. The van der Waals surface area contributed by atoms with Gasteiger partial charge in [-0.2, -0.15) is 0 Å². The van der Waals surface area contributed by atoms with Crippen molar-refractivity contribution in [2.75, 3.05) is 18.1 Å². The highest BCUT2D eigenvalue weighted by Crippen LogP contribution is 2.36. The molecule has 1 aliphatic heterocycles. The first-order valence-electron chi connectivity index (χ1n) is 12.3. The Morgan fingerprint density at radius 3 is 2.47 bits per heavy atom. The maximum absolute atomic E-state index is 13.5. The fourth-order valence-corrected chi connectivity index (χ4v) is 4.53. The van der Waals surface area contributed by atoms with Gasteiger partial charge in [0.25, 0.3) is 5.91 Å². The van der Waals surface area contributed by atoms with Gasteiger partial charge in [0.15, 0.2) is 0 Å². The lowest BCUT2D eigenvalue weighted by atomic mass is 10.1. The number of benzene rings is 2. The van der Waals surface area contributed by atoms with Crippen LogP contribution in [0.1, 0.15) is 54.9 Å². The monoisotopic (exact) mass is 461 g/mol. The molecule has 7 heteroatoms. The van der Waals surface area contributed by atoms with Crippen molar-refractivity contribution in [3.63, 3.8) is 0 Å². The highest BCUT2D eigenvalue weighted by atomic mass is 16.5. The summed E-state index contributed by atoms with van der Waals surface area (Å²) in [5.74, 6) is 0.235. The number of carbonyl (C=O) groups excluding carboxylic acids is 3. The smallest absolute Gasteiger partial charge is 0.251 e. The molecule has 1 heterocycles. The highest BCUT2D eigenvalue weighted by molar-refractivity contribution is 6.01. The molecule has 1 saturated heterocycles. The largest absolute Gasteiger partial charge is 0.492 e. The molecule has 178 valence electrons. The van der Waals surface area contributed by atoms with Crippen LogP contribution in [0.4, 0.5) is 5.69 Å². The second kappa shape index (κ2) is 9.49. The molecular formula is C27H31N3O4. The van der Waals surface area contributed by atoms with E-state index in [1.165, 1.54) is 0 Å². The van der Waals surface area contributed by atoms with Gasteiger partial charge in [0, 0.05) is 37.2 Å². The average Bonchev–Trinajstić information content (AvgIpc) is 3.78. The lowest BCUT2D eigenvalue weighted by Gasteiger charge is -2.26. The molecule has 2 aliphatic carbocycles. The molecule has 0 bridgehead atoms. The van der Waals surface area contributed by atoms with Gasteiger partial charge in [-0.15, -0.1) is 0 Å². The summed E-state index contributed by atoms with van der Waals surface area (Å²) in [6, 6.07) is 15.5. The van der Waals surface area contributed by atoms with Crippen LogP contribution in [0, 0.1) is 5.92 Å². The maximum atomic E-state index is 13.5. The van der Waals surface area contributed by atoms with Crippen LogP contribution in [0.25, 0.3) is 0 Å². The van der Waals surface area contributed by atoms with Crippen LogP contribution in [0.5, 0.6) is 5.75 Å². The third kappa shape index (κ3) is 4.93. The molecule has 34 heavy (non-hydrogen) atoms. The van der Waals surface area contributed by atoms with Crippen molar-refractivity contribution >= 4 is 23.4 Å². The molecule has 3 fully saturated rings. The second-order valence-electron chi connectivity index (χ2n) is 9.45. The standard InChI is InChI=1S/C27H31N3O4/c1-2-34-24-6-4-3-5-23(24)30-17-20(15-25(30)31)27(33)29(22-13-14-22)16-18-7-9-19(10-8-18)26(32)28-21-11-12-21/h3-10,20-22H,2,11-17H2,1H3,(H,28,32). The van der Waals surface area contributed by atoms with Gasteiger partial charge in [0.2, 0.25) is 11.8 Å². The minimum atomic E-state index is -0.369. The number of carbonyl (C=O) groups is 3. The highest BCUT2D eigenvalue weighted by Gasteiger charge is 2.42. The lowest BCUT2D eigenvalue weighted by Crippen LogP contribution is -2.38. The van der Waals surface area contributed by atoms with E-state index in [2.05, 4.69) is 5.32 Å². The van der Waals surface area contributed by atoms with Crippen molar-refractivity contribution in [3.8, 4) is 5.75 Å². The van der Waals surface area contributed by atoms with Crippen molar-refractivity contribution < 1.29 is 19.1 Å². The van der Waals surface area contributed by atoms with E-state index in [9.17, 15) is 14.4 Å². The minimum absolute atomic E-state index is 0.0304. The summed E-state index contributed by atoms with van der Waals surface area (Å²) in [5, 5.41) is 3.00. The molecule has 1 unspecified atom stereocenters. The van der Waals surface area contributed by atoms with Crippen LogP contribution in [0.2, 0.25) is 0 Å². The normalized spacial score (nSPS) is 19.7. The number of rotatable bonds is 9. The molecule has 2 aromatic carbocycles. The third-order valence-corrected chi connectivity index (χ3v) is 6.68. The molecule has 0 spiro atoms. The van der Waals surface area contributed by atoms with Crippen LogP contribution in [0.3, 0.4) is 0 Å². The molecule has 7 nitrogen and oxygen atoms in total. The Bertz CT molecular complexity index is 1080. The average molecular weight is 462 g/mol. The number of nitrogens with one attached hydrogen (secondary N) is 1. The molecular weight excluding hydrogens is 430 g/mol. The summed E-state index contributed by atoms with van der Waals surface area (Å²) in [5.41, 5.74) is 2.36. The maximum Gasteiger partial charge on any atom is 0.251 e. The Kier molecular flexibility index (Phi) is 6.26. The van der Waals surface area contributed by atoms with E-state index < -0.39 is 0 Å². The third-order valence-electron chi connectivity index (χ3n) is 6.68. The minimum Gasteiger partial charge on any atom is -0.492 e. The molecule has 3 amide bonds. The molecule has 1 N–H and O–H groups in total. The van der Waals surface area contributed by atoms with E-state index in [0.29, 0.717) is 37.1 Å². The molecule has 2 saturated carbocycles. The Morgan fingerprint density at radius 2 is 1.79 bits per heavy atom. The molecule has 0 radical (unpaired) electrons. The van der Waals surface area contributed by atoms with Crippen LogP contribution >= 0.6 is 0 Å². The van der Waals surface area contributed by atoms with Gasteiger partial charge in [-0.05, 0) is 62.4 Å². The van der Waals surface area contributed by atoms with Gasteiger partial charge >= 0.3 is 0 Å². The SMILES string of the molecule is CCOc1ccccc1N1CC(C(=O)N(Cc2ccc(C(=O)NC3CC3)cc2)C2CC2)CC1=O. The number of amides is 3. The summed E-state index contributed by atoms with van der Waals surface area (Å²) < 4.78 is 5.70. The quantitative estimate of drug-likeness (QED) is 0.620. The molecule has 1 atom stereocenters. The zero-order chi connectivity index (χ0) is 23.7. The van der Waals surface area contributed by atoms with Crippen molar-refractivity contribution in [1.82, 2.24) is 10.2 Å². The Morgan fingerprint density at radius 1 is 1.06 bits per heavy atom. The number of nitrogens with zero attached hydrogens (tertiary/aromatic N) is 2. The Balaban J connectivity index is 1.26. The van der Waals surface area contributed by atoms with Crippen LogP contribution < -0.4 is 15.0 Å². The molecule has 0 aromatic heterocycles. The van der Waals surface area contributed by atoms with Gasteiger partial charge in [0.1, 0.15) is 5.75 Å². The fraction of sp³-hybridized carbons (Fsp3) is 0.444. The van der Waals surface area contributed by atoms with Crippen molar-refractivity contribution in [2.24, 2.45) is 5.92 Å². The van der Waals surface area contributed by atoms with E-state index in [1.54, 1.807) is 4.90 Å². The fourth-order valence-electron chi connectivity index (χ4n) is 4.53. The second-order valence-corrected chi connectivity index (χ2v) is 9.45. The summed E-state index contributed by atoms with van der Waals surface area (Å²) in [6.45, 7) is 3.28. The van der Waals surface area contributed by atoms with Gasteiger partial charge in [0.05, 0.1) is 18.2 Å². The number of anilines is 1. The first kappa shape index (κ1) is 22.4. The van der Waals surface area contributed by atoms with Crippen LogP contribution in [0.15, 0.2) is 48.5 Å². The van der Waals surface area contributed by atoms with Crippen molar-refractivity contribution in [3.05, 3.63) is 59.7 Å². The first-order chi connectivity index (χ1) is 16.5. The zero-order valence-electron chi connectivity index (χ0n) is 19.5. The summed E-state index contributed by atoms with van der Waals surface area (Å²) in [7, 11) is 0. The zero-order valence-corrected chi connectivity index (χ0v) is 19.5. The Labute approximate surface area is 200 Å². The van der Waals surface area contributed by atoms with E-state index >= 15 is 0 Å². The lowest BCUT2D eigenvalue weighted by molar-refractivity contribution is -0.137. The van der Waals surface area contributed by atoms with Crippen molar-refractivity contribution in [2.45, 2.75) is 57.7 Å². The van der Waals surface area contributed by atoms with Gasteiger partial charge < -0.3 is 19.9 Å². The summed E-state index contributed by atoms with van der Waals surface area (Å²) >= 11 is 0. The van der Waals surface area contributed by atoms with Crippen LogP contribution in [-0.4, -0.2) is 47.9 Å². The molecule has 2 aromatic rings. The summed E-state index contributed by atoms with van der Waals surface area (Å²) in [6.07, 6.45) is 4.31. The predicted octanol–water partition coefficient (Wildman–Crippen LogP) is 3.52. The van der Waals surface area contributed by atoms with E-state index in [-0.39, 0.29) is 36.1 Å². The van der Waals surface area contributed by atoms with E-state index in [0.717, 1.165) is 36.9 Å². The van der Waals surface area contributed by atoms with E-state index in [4.69, 9.17) is 4.74 Å². The number of hydrogen-bond donors (Lipinski definition) is 1. The number of hydrogen-bond acceptors (Lipinski definition) is 4. The number of para-hydroxylation sites is 2. The van der Waals surface area contributed by atoms with Crippen LogP contribution in [-0.2, 0) is 16.1 Å². The molecule has 3 aliphatic rings. The first-order valence-corrected chi connectivity index (χ1v) is 12.3. The topological polar surface area (TPSA) is 79.0 Å². The van der Waals surface area contributed by atoms with E-state index in [1.807, 2.05) is 60.4 Å². The predicted molar refractivity (Wildman–Crippen MR) is 129 cm³/mol. The molecule has 5 rings (SSSR count). The summed E-state index contributed by atoms with van der Waals surface area (Å²) in [4.78, 5) is 42.2. The van der Waals surface area contributed by atoms with Crippen molar-refractivity contribution in [1.29, 1.82) is 0 Å². The Hall–Kier alpha value is -3.35. The van der Waals surface area contributed by atoms with Gasteiger partial charge in [-0.1, -0.05) is 24.3 Å². The van der Waals surface area contributed by atoms with Gasteiger partial charge in [-0.3, -0.25) is 14.4 Å². The van der Waals surface area contributed by atoms with Gasteiger partial charge in [-0.25, -0.2) is 0 Å².